The van der Waals surface area contributed by atoms with Gasteiger partial charge in [0.05, 0.1) is 17.1 Å². The highest BCUT2D eigenvalue weighted by Gasteiger charge is 2.25. The van der Waals surface area contributed by atoms with Crippen LogP contribution in [0.2, 0.25) is 0 Å². The van der Waals surface area contributed by atoms with Gasteiger partial charge in [0.2, 0.25) is 0 Å². The van der Waals surface area contributed by atoms with Crippen molar-refractivity contribution >= 4 is 33.1 Å². The second kappa shape index (κ2) is 8.79. The number of allylic oxidation sites excluding steroid dienone is 3. The van der Waals surface area contributed by atoms with Gasteiger partial charge in [-0.05, 0) is 24.3 Å². The summed E-state index contributed by atoms with van der Waals surface area (Å²) in [5.74, 6) is -2.60. The summed E-state index contributed by atoms with van der Waals surface area (Å²) in [4.78, 5) is 23.5. The van der Waals surface area contributed by atoms with Crippen LogP contribution in [0, 0.1) is 0 Å². The van der Waals surface area contributed by atoms with Crippen molar-refractivity contribution < 1.29 is 13.6 Å². The molecule has 3 heterocycles. The molecular weight excluding hydrogens is 406 g/mol. The smallest absolute Gasteiger partial charge is 0.270 e. The van der Waals surface area contributed by atoms with E-state index < -0.39 is 17.6 Å². The van der Waals surface area contributed by atoms with Crippen molar-refractivity contribution in [3.63, 3.8) is 0 Å². The van der Waals surface area contributed by atoms with Crippen LogP contribution in [-0.2, 0) is 0 Å². The standard InChI is InChI=1S/C22H18F2N4OS/c1-4-10-28(14(3)17(24)11-13(2)23)22(29)20-19(25)16-7-8-18(27-21(16)30-20)15-6-5-9-26-12-15/h4-9,11-12H,1-3,10,25H2/b17-11+. The molecule has 3 aromatic rings. The Morgan fingerprint density at radius 3 is 2.67 bits per heavy atom. The van der Waals surface area contributed by atoms with Crippen LogP contribution in [0.25, 0.3) is 21.5 Å². The lowest BCUT2D eigenvalue weighted by molar-refractivity contribution is 0.0825. The van der Waals surface area contributed by atoms with Gasteiger partial charge in [0.25, 0.3) is 5.91 Å². The number of rotatable bonds is 7. The van der Waals surface area contributed by atoms with Crippen LogP contribution in [0.1, 0.15) is 9.67 Å². The number of pyridine rings is 2. The fraction of sp³-hybridized carbons (Fsp3) is 0.0455. The highest BCUT2D eigenvalue weighted by molar-refractivity contribution is 7.21. The molecule has 0 aromatic carbocycles. The van der Waals surface area contributed by atoms with Crippen LogP contribution in [0.4, 0.5) is 14.5 Å². The van der Waals surface area contributed by atoms with Crippen molar-refractivity contribution in [3.05, 3.63) is 90.8 Å². The first-order valence-corrected chi connectivity index (χ1v) is 9.58. The number of hydrogen-bond donors (Lipinski definition) is 1. The predicted octanol–water partition coefficient (Wildman–Crippen LogP) is 5.42. The third-order valence-electron chi connectivity index (χ3n) is 4.19. The molecule has 152 valence electrons. The fourth-order valence-electron chi connectivity index (χ4n) is 2.75. The Kier molecular flexibility index (Phi) is 6.17. The Hall–Kier alpha value is -3.65. The summed E-state index contributed by atoms with van der Waals surface area (Å²) in [5.41, 5.74) is 7.60. The molecule has 0 saturated heterocycles. The van der Waals surface area contributed by atoms with Gasteiger partial charge in [-0.3, -0.25) is 9.78 Å². The molecule has 30 heavy (non-hydrogen) atoms. The van der Waals surface area contributed by atoms with E-state index in [0.29, 0.717) is 22.0 Å². The first-order valence-electron chi connectivity index (χ1n) is 8.76. The second-order valence-electron chi connectivity index (χ2n) is 6.23. The summed E-state index contributed by atoms with van der Waals surface area (Å²) in [7, 11) is 0. The highest BCUT2D eigenvalue weighted by atomic mass is 32.1. The molecule has 0 aliphatic rings. The van der Waals surface area contributed by atoms with Gasteiger partial charge >= 0.3 is 0 Å². The Morgan fingerprint density at radius 1 is 1.27 bits per heavy atom. The van der Waals surface area contributed by atoms with Gasteiger partial charge < -0.3 is 10.6 Å². The molecule has 3 aromatic heterocycles. The number of hydrogen-bond acceptors (Lipinski definition) is 5. The van der Waals surface area contributed by atoms with Gasteiger partial charge in [-0.25, -0.2) is 13.8 Å². The molecule has 0 fully saturated rings. The molecule has 2 N–H and O–H groups in total. The summed E-state index contributed by atoms with van der Waals surface area (Å²) >= 11 is 1.08. The molecule has 8 heteroatoms. The van der Waals surface area contributed by atoms with Crippen LogP contribution in [0.3, 0.4) is 0 Å². The molecule has 0 aliphatic heterocycles. The van der Waals surface area contributed by atoms with E-state index in [2.05, 4.69) is 29.7 Å². The lowest BCUT2D eigenvalue weighted by Crippen LogP contribution is -2.30. The first kappa shape index (κ1) is 21.1. The number of nitrogens with two attached hydrogens (primary N) is 1. The zero-order valence-electron chi connectivity index (χ0n) is 15.9. The lowest BCUT2D eigenvalue weighted by Gasteiger charge is -2.22. The van der Waals surface area contributed by atoms with Crippen molar-refractivity contribution in [3.8, 4) is 11.3 Å². The Balaban J connectivity index is 2.02. The number of nitrogens with zero attached hydrogens (tertiary/aromatic N) is 3. The predicted molar refractivity (Wildman–Crippen MR) is 117 cm³/mol. The van der Waals surface area contributed by atoms with Crippen molar-refractivity contribution in [2.24, 2.45) is 0 Å². The largest absolute Gasteiger partial charge is 0.397 e. The molecule has 1 amide bonds. The van der Waals surface area contributed by atoms with Crippen molar-refractivity contribution in [2.45, 2.75) is 0 Å². The minimum atomic E-state index is -1.02. The minimum Gasteiger partial charge on any atom is -0.397 e. The van der Waals surface area contributed by atoms with Crippen LogP contribution in [0.15, 0.2) is 85.9 Å². The highest BCUT2D eigenvalue weighted by Crippen LogP contribution is 2.35. The number of thiophene rings is 1. The number of carbonyl (C=O) groups excluding carboxylic acids is 1. The normalized spacial score (nSPS) is 11.3. The Bertz CT molecular complexity index is 1180. The van der Waals surface area contributed by atoms with Gasteiger partial charge in [0.15, 0.2) is 0 Å². The van der Waals surface area contributed by atoms with Gasteiger partial charge in [-0.15, -0.1) is 17.9 Å². The monoisotopic (exact) mass is 424 g/mol. The molecule has 0 spiro atoms. The van der Waals surface area contributed by atoms with E-state index in [1.54, 1.807) is 30.6 Å². The van der Waals surface area contributed by atoms with Crippen molar-refractivity contribution in [1.29, 1.82) is 0 Å². The number of carbonyl (C=O) groups is 1. The third kappa shape index (κ3) is 4.18. The molecule has 0 unspecified atom stereocenters. The Morgan fingerprint density at radius 2 is 2.03 bits per heavy atom. The molecule has 0 aliphatic carbocycles. The number of anilines is 1. The molecule has 0 atom stereocenters. The molecular formula is C22H18F2N4OS. The first-order chi connectivity index (χ1) is 14.3. The molecule has 3 rings (SSSR count). The fourth-order valence-corrected chi connectivity index (χ4v) is 3.79. The van der Waals surface area contributed by atoms with Crippen LogP contribution in [0.5, 0.6) is 0 Å². The van der Waals surface area contributed by atoms with E-state index in [1.165, 1.54) is 6.08 Å². The zero-order chi connectivity index (χ0) is 21.8. The van der Waals surface area contributed by atoms with Crippen molar-refractivity contribution in [2.75, 3.05) is 12.3 Å². The molecule has 0 radical (unpaired) electrons. The number of fused-ring (bicyclic) bond motifs is 1. The minimum absolute atomic E-state index is 0.0419. The lowest BCUT2D eigenvalue weighted by atomic mass is 10.1. The maximum Gasteiger partial charge on any atom is 0.270 e. The number of aromatic nitrogens is 2. The van der Waals surface area contributed by atoms with Crippen molar-refractivity contribution in [1.82, 2.24) is 14.9 Å². The van der Waals surface area contributed by atoms with Gasteiger partial charge in [-0.1, -0.05) is 19.2 Å². The summed E-state index contributed by atoms with van der Waals surface area (Å²) in [6.45, 7) is 10.1. The average molecular weight is 424 g/mol. The third-order valence-corrected chi connectivity index (χ3v) is 5.29. The van der Waals surface area contributed by atoms with E-state index >= 15 is 0 Å². The summed E-state index contributed by atoms with van der Waals surface area (Å²) < 4.78 is 27.2. The second-order valence-corrected chi connectivity index (χ2v) is 7.23. The van der Waals surface area contributed by atoms with E-state index in [0.717, 1.165) is 21.8 Å². The number of amides is 1. The van der Waals surface area contributed by atoms with Gasteiger partial charge in [0, 0.05) is 36.0 Å². The van der Waals surface area contributed by atoms with E-state index in [1.807, 2.05) is 6.07 Å². The van der Waals surface area contributed by atoms with Crippen LogP contribution < -0.4 is 5.73 Å². The topological polar surface area (TPSA) is 72.1 Å². The maximum absolute atomic E-state index is 14.2. The molecule has 0 bridgehead atoms. The number of nitrogen functional groups attached to an aromatic ring is 1. The van der Waals surface area contributed by atoms with Crippen LogP contribution in [-0.4, -0.2) is 27.3 Å². The number of halogens is 2. The average Bonchev–Trinajstić information content (AvgIpc) is 3.07. The van der Waals surface area contributed by atoms with E-state index in [4.69, 9.17) is 5.73 Å². The molecule has 0 saturated carbocycles. The Labute approximate surface area is 176 Å². The van der Waals surface area contributed by atoms with E-state index in [-0.39, 0.29) is 22.8 Å². The summed E-state index contributed by atoms with van der Waals surface area (Å²) in [6, 6.07) is 7.22. The van der Waals surface area contributed by atoms with Crippen LogP contribution >= 0.6 is 11.3 Å². The van der Waals surface area contributed by atoms with Gasteiger partial charge in [-0.2, -0.15) is 0 Å². The summed E-state index contributed by atoms with van der Waals surface area (Å²) in [6.07, 6.45) is 5.31. The summed E-state index contributed by atoms with van der Waals surface area (Å²) in [5, 5.41) is 0.605. The van der Waals surface area contributed by atoms with Gasteiger partial charge in [0.1, 0.15) is 21.4 Å². The van der Waals surface area contributed by atoms with E-state index in [9.17, 15) is 13.6 Å². The quantitative estimate of drug-likeness (QED) is 0.406. The SMILES string of the molecule is C=CCN(C(=C)/C(F)=C\C(=C)F)C(=O)c1sc2nc(-c3cccnc3)ccc2c1N. The zero-order valence-corrected chi connectivity index (χ0v) is 16.8. The maximum atomic E-state index is 14.2. The molecule has 5 nitrogen and oxygen atoms in total.